The van der Waals surface area contributed by atoms with Gasteiger partial charge < -0.3 is 10.3 Å². The lowest BCUT2D eigenvalue weighted by Crippen LogP contribution is -2.02. The van der Waals surface area contributed by atoms with Crippen LogP contribution in [0, 0.1) is 13.8 Å². The fourth-order valence-corrected chi connectivity index (χ4v) is 2.63. The molecule has 1 aromatic carbocycles. The van der Waals surface area contributed by atoms with Gasteiger partial charge in [0.05, 0.1) is 0 Å². The second kappa shape index (κ2) is 6.07. The maximum Gasteiger partial charge on any atom is 0.0455 e. The minimum absolute atomic E-state index is 0.605. The summed E-state index contributed by atoms with van der Waals surface area (Å²) in [5, 5.41) is 0. The first-order valence-corrected chi connectivity index (χ1v) is 7.14. The molecule has 0 saturated heterocycles. The first kappa shape index (κ1) is 13.9. The Kier molecular flexibility index (Phi) is 4.43. The molecule has 19 heavy (non-hydrogen) atoms. The van der Waals surface area contributed by atoms with Gasteiger partial charge in [-0.25, -0.2) is 0 Å². The summed E-state index contributed by atoms with van der Waals surface area (Å²) in [5.74, 6) is 0. The molecule has 2 nitrogen and oxygen atoms in total. The molecule has 2 aromatic rings. The second-order valence-electron chi connectivity index (χ2n) is 5.21. The topological polar surface area (TPSA) is 30.9 Å². The van der Waals surface area contributed by atoms with Gasteiger partial charge >= 0.3 is 0 Å². The highest BCUT2D eigenvalue weighted by atomic mass is 15.0. The van der Waals surface area contributed by atoms with Crippen LogP contribution < -0.4 is 5.73 Å². The number of nitrogens with zero attached hydrogens (tertiary/aromatic N) is 1. The summed E-state index contributed by atoms with van der Waals surface area (Å²) in [4.78, 5) is 0. The van der Waals surface area contributed by atoms with Crippen molar-refractivity contribution in [1.29, 1.82) is 0 Å². The molecule has 1 heterocycles. The highest BCUT2D eigenvalue weighted by Gasteiger charge is 2.09. The van der Waals surface area contributed by atoms with E-state index in [4.69, 9.17) is 5.73 Å². The Morgan fingerprint density at radius 2 is 1.79 bits per heavy atom. The van der Waals surface area contributed by atoms with E-state index in [1.165, 1.54) is 47.5 Å². The summed E-state index contributed by atoms with van der Waals surface area (Å²) >= 11 is 0. The molecule has 0 aliphatic carbocycles. The van der Waals surface area contributed by atoms with E-state index in [2.05, 4.69) is 55.7 Å². The van der Waals surface area contributed by atoms with E-state index in [0.717, 1.165) is 0 Å². The molecule has 0 fully saturated rings. The summed E-state index contributed by atoms with van der Waals surface area (Å²) in [5.41, 5.74) is 12.2. The molecule has 0 saturated carbocycles. The molecular formula is C17H24N2. The number of hydrogen-bond acceptors (Lipinski definition) is 1. The first-order valence-electron chi connectivity index (χ1n) is 7.14. The van der Waals surface area contributed by atoms with Crippen molar-refractivity contribution in [2.45, 2.75) is 46.6 Å². The molecular weight excluding hydrogens is 232 g/mol. The Bertz CT molecular complexity index is 535. The quantitative estimate of drug-likeness (QED) is 0.864. The van der Waals surface area contributed by atoms with Crippen LogP contribution >= 0.6 is 0 Å². The van der Waals surface area contributed by atoms with Crippen molar-refractivity contribution in [3.63, 3.8) is 0 Å². The SMILES string of the molecule is CCCCc1ccc(-n2c(C)cc(CN)c2C)cc1. The summed E-state index contributed by atoms with van der Waals surface area (Å²) in [6, 6.07) is 11.1. The average molecular weight is 256 g/mol. The van der Waals surface area contributed by atoms with Crippen molar-refractivity contribution in [3.8, 4) is 5.69 Å². The third-order valence-electron chi connectivity index (χ3n) is 3.77. The van der Waals surface area contributed by atoms with Crippen LogP contribution in [0.4, 0.5) is 0 Å². The van der Waals surface area contributed by atoms with Gasteiger partial charge in [0.2, 0.25) is 0 Å². The van der Waals surface area contributed by atoms with Crippen LogP contribution in [-0.2, 0) is 13.0 Å². The number of unbranched alkanes of at least 4 members (excludes halogenated alkanes) is 1. The van der Waals surface area contributed by atoms with Gasteiger partial charge in [-0.3, -0.25) is 0 Å². The Labute approximate surface area is 116 Å². The van der Waals surface area contributed by atoms with Crippen molar-refractivity contribution in [3.05, 3.63) is 52.8 Å². The molecule has 0 amide bonds. The fraction of sp³-hybridized carbons (Fsp3) is 0.412. The Morgan fingerprint density at radius 3 is 2.32 bits per heavy atom. The Hall–Kier alpha value is -1.54. The highest BCUT2D eigenvalue weighted by Crippen LogP contribution is 2.21. The first-order chi connectivity index (χ1) is 9.17. The third-order valence-corrected chi connectivity index (χ3v) is 3.77. The molecule has 2 rings (SSSR count). The van der Waals surface area contributed by atoms with Crippen molar-refractivity contribution in [2.24, 2.45) is 5.73 Å². The third kappa shape index (κ3) is 2.90. The standard InChI is InChI=1S/C17H24N2/c1-4-5-6-15-7-9-17(10-8-15)19-13(2)11-16(12-18)14(19)3/h7-11H,4-6,12,18H2,1-3H3. The van der Waals surface area contributed by atoms with Crippen LogP contribution in [0.2, 0.25) is 0 Å². The van der Waals surface area contributed by atoms with E-state index in [-0.39, 0.29) is 0 Å². The van der Waals surface area contributed by atoms with Crippen LogP contribution in [0.5, 0.6) is 0 Å². The van der Waals surface area contributed by atoms with E-state index >= 15 is 0 Å². The number of benzene rings is 1. The van der Waals surface area contributed by atoms with Crippen LogP contribution in [0.15, 0.2) is 30.3 Å². The smallest absolute Gasteiger partial charge is 0.0455 e. The number of hydrogen-bond donors (Lipinski definition) is 1. The van der Waals surface area contributed by atoms with Gasteiger partial charge in [-0.15, -0.1) is 0 Å². The van der Waals surface area contributed by atoms with Gasteiger partial charge in [0, 0.05) is 23.6 Å². The summed E-state index contributed by atoms with van der Waals surface area (Å²) in [6.45, 7) is 7.11. The van der Waals surface area contributed by atoms with Crippen LogP contribution in [-0.4, -0.2) is 4.57 Å². The molecule has 1 aromatic heterocycles. The van der Waals surface area contributed by atoms with Crippen LogP contribution in [0.3, 0.4) is 0 Å². The van der Waals surface area contributed by atoms with Gasteiger partial charge in [0.25, 0.3) is 0 Å². The van der Waals surface area contributed by atoms with Crippen molar-refractivity contribution >= 4 is 0 Å². The number of nitrogens with two attached hydrogens (primary N) is 1. The molecule has 0 aliphatic heterocycles. The molecule has 0 spiro atoms. The largest absolute Gasteiger partial charge is 0.326 e. The predicted molar refractivity (Wildman–Crippen MR) is 81.7 cm³/mol. The lowest BCUT2D eigenvalue weighted by molar-refractivity contribution is 0.794. The zero-order chi connectivity index (χ0) is 13.8. The lowest BCUT2D eigenvalue weighted by Gasteiger charge is -2.11. The van der Waals surface area contributed by atoms with E-state index in [9.17, 15) is 0 Å². The zero-order valence-corrected chi connectivity index (χ0v) is 12.2. The molecule has 0 atom stereocenters. The van der Waals surface area contributed by atoms with Gasteiger partial charge in [-0.1, -0.05) is 25.5 Å². The van der Waals surface area contributed by atoms with Crippen LogP contribution in [0.25, 0.3) is 5.69 Å². The summed E-state index contributed by atoms with van der Waals surface area (Å²) in [6.07, 6.45) is 3.68. The number of aryl methyl sites for hydroxylation is 2. The number of aromatic nitrogens is 1. The molecule has 2 heteroatoms. The lowest BCUT2D eigenvalue weighted by atomic mass is 10.1. The number of rotatable bonds is 5. The normalized spacial score (nSPS) is 10.9. The average Bonchev–Trinajstić information content (AvgIpc) is 2.72. The minimum Gasteiger partial charge on any atom is -0.326 e. The molecule has 0 radical (unpaired) electrons. The van der Waals surface area contributed by atoms with Crippen LogP contribution in [0.1, 0.15) is 42.3 Å². The Balaban J connectivity index is 2.29. The summed E-state index contributed by atoms with van der Waals surface area (Å²) < 4.78 is 2.28. The van der Waals surface area contributed by atoms with Gasteiger partial charge in [-0.2, -0.15) is 0 Å². The highest BCUT2D eigenvalue weighted by molar-refractivity contribution is 5.42. The van der Waals surface area contributed by atoms with E-state index < -0.39 is 0 Å². The zero-order valence-electron chi connectivity index (χ0n) is 12.2. The monoisotopic (exact) mass is 256 g/mol. The van der Waals surface area contributed by atoms with E-state index in [0.29, 0.717) is 6.54 Å². The van der Waals surface area contributed by atoms with Crippen molar-refractivity contribution in [2.75, 3.05) is 0 Å². The van der Waals surface area contributed by atoms with Crippen molar-refractivity contribution in [1.82, 2.24) is 4.57 Å². The fourth-order valence-electron chi connectivity index (χ4n) is 2.63. The second-order valence-corrected chi connectivity index (χ2v) is 5.21. The molecule has 0 unspecified atom stereocenters. The molecule has 102 valence electrons. The van der Waals surface area contributed by atoms with E-state index in [1.54, 1.807) is 0 Å². The Morgan fingerprint density at radius 1 is 1.11 bits per heavy atom. The maximum atomic E-state index is 5.78. The summed E-state index contributed by atoms with van der Waals surface area (Å²) in [7, 11) is 0. The van der Waals surface area contributed by atoms with Crippen molar-refractivity contribution < 1.29 is 0 Å². The molecule has 0 bridgehead atoms. The maximum absolute atomic E-state index is 5.78. The van der Waals surface area contributed by atoms with E-state index in [1.807, 2.05) is 0 Å². The molecule has 2 N–H and O–H groups in total. The van der Waals surface area contributed by atoms with Gasteiger partial charge in [0.1, 0.15) is 0 Å². The predicted octanol–water partition coefficient (Wildman–Crippen LogP) is 3.90. The van der Waals surface area contributed by atoms with Gasteiger partial charge in [0.15, 0.2) is 0 Å². The van der Waals surface area contributed by atoms with Gasteiger partial charge in [-0.05, 0) is 56.0 Å². The minimum atomic E-state index is 0.605. The molecule has 0 aliphatic rings.